The monoisotopic (exact) mass is 199 g/mol. The van der Waals surface area contributed by atoms with Crippen LogP contribution in [0.5, 0.6) is 0 Å². The van der Waals surface area contributed by atoms with Crippen LogP contribution in [-0.4, -0.2) is 42.9 Å². The lowest BCUT2D eigenvalue weighted by Gasteiger charge is -2.22. The number of nitrogens with zero attached hydrogens (tertiary/aromatic N) is 1. The van der Waals surface area contributed by atoms with Crippen molar-refractivity contribution in [3.8, 4) is 0 Å². The van der Waals surface area contributed by atoms with Crippen LogP contribution in [0.25, 0.3) is 0 Å². The average Bonchev–Trinajstić information content (AvgIpc) is 2.65. The molecule has 3 N–H and O–H groups in total. The smallest absolute Gasteiger partial charge is 0.237 e. The van der Waals surface area contributed by atoms with Gasteiger partial charge in [0, 0.05) is 13.1 Å². The molecule has 1 heterocycles. The van der Waals surface area contributed by atoms with Crippen LogP contribution in [0.4, 0.5) is 0 Å². The molecule has 1 aliphatic heterocycles. The Labute approximate surface area is 83.6 Å². The number of rotatable bonds is 4. The van der Waals surface area contributed by atoms with Gasteiger partial charge in [-0.05, 0) is 19.9 Å². The highest BCUT2D eigenvalue weighted by molar-refractivity contribution is 5.85. The maximum Gasteiger partial charge on any atom is 0.237 e. The van der Waals surface area contributed by atoms with Crippen molar-refractivity contribution in [2.45, 2.75) is 13.3 Å². The number of likely N-dealkylation sites (N-methyl/N-ethyl adjacent to an activating group) is 1. The summed E-state index contributed by atoms with van der Waals surface area (Å²) in [6.07, 6.45) is 0.855. The highest BCUT2D eigenvalue weighted by atomic mass is 16.2. The van der Waals surface area contributed by atoms with Crippen LogP contribution in [0.2, 0.25) is 0 Å². The third kappa shape index (κ3) is 2.70. The molecule has 1 saturated heterocycles. The molecule has 0 saturated carbocycles. The number of nitrogens with one attached hydrogen (secondary N) is 1. The molecular weight excluding hydrogens is 182 g/mol. The second-order valence-corrected chi connectivity index (χ2v) is 3.51. The fraction of sp³-hybridized carbons (Fsp3) is 0.778. The molecule has 0 bridgehead atoms. The van der Waals surface area contributed by atoms with E-state index in [1.165, 1.54) is 4.90 Å². The van der Waals surface area contributed by atoms with Gasteiger partial charge in [-0.15, -0.1) is 0 Å². The molecule has 14 heavy (non-hydrogen) atoms. The van der Waals surface area contributed by atoms with E-state index in [-0.39, 0.29) is 18.4 Å². The summed E-state index contributed by atoms with van der Waals surface area (Å²) >= 11 is 0. The van der Waals surface area contributed by atoms with E-state index in [4.69, 9.17) is 5.73 Å². The Balaban J connectivity index is 2.50. The summed E-state index contributed by atoms with van der Waals surface area (Å²) in [5, 5.41) is 3.12. The molecule has 1 aliphatic rings. The Hall–Kier alpha value is -1.10. The molecule has 5 heteroatoms. The zero-order chi connectivity index (χ0) is 10.6. The van der Waals surface area contributed by atoms with E-state index in [0.717, 1.165) is 13.0 Å². The van der Waals surface area contributed by atoms with Gasteiger partial charge in [0.05, 0.1) is 12.5 Å². The second kappa shape index (κ2) is 4.95. The molecule has 0 radical (unpaired) electrons. The predicted molar refractivity (Wildman–Crippen MR) is 52.4 cm³/mol. The molecule has 0 spiro atoms. The van der Waals surface area contributed by atoms with Crippen LogP contribution in [0.3, 0.4) is 0 Å². The van der Waals surface area contributed by atoms with E-state index in [9.17, 15) is 9.59 Å². The second-order valence-electron chi connectivity index (χ2n) is 3.51. The number of hydrogen-bond donors (Lipinski definition) is 2. The van der Waals surface area contributed by atoms with E-state index in [0.29, 0.717) is 13.1 Å². The summed E-state index contributed by atoms with van der Waals surface area (Å²) in [4.78, 5) is 24.0. The van der Waals surface area contributed by atoms with E-state index < -0.39 is 5.91 Å². The molecule has 80 valence electrons. The molecule has 1 fully saturated rings. The first kappa shape index (κ1) is 11.0. The highest BCUT2D eigenvalue weighted by Crippen LogP contribution is 2.11. The first-order valence-corrected chi connectivity index (χ1v) is 4.93. The van der Waals surface area contributed by atoms with Crippen LogP contribution < -0.4 is 11.1 Å². The first-order chi connectivity index (χ1) is 6.65. The molecule has 0 aromatic rings. The lowest BCUT2D eigenvalue weighted by Crippen LogP contribution is -2.42. The minimum atomic E-state index is -0.453. The summed E-state index contributed by atoms with van der Waals surface area (Å²) in [6.45, 7) is 4.02. The number of amides is 2. The topological polar surface area (TPSA) is 75.4 Å². The first-order valence-electron chi connectivity index (χ1n) is 4.93. The third-order valence-corrected chi connectivity index (χ3v) is 2.45. The molecule has 0 aromatic heterocycles. The fourth-order valence-corrected chi connectivity index (χ4v) is 1.66. The molecule has 0 aliphatic carbocycles. The summed E-state index contributed by atoms with van der Waals surface area (Å²) < 4.78 is 0. The van der Waals surface area contributed by atoms with Gasteiger partial charge in [-0.2, -0.15) is 0 Å². The van der Waals surface area contributed by atoms with Crippen molar-refractivity contribution in [3.63, 3.8) is 0 Å². The minimum absolute atomic E-state index is 0.0225. The third-order valence-electron chi connectivity index (χ3n) is 2.45. The van der Waals surface area contributed by atoms with Crippen LogP contribution in [0, 0.1) is 5.92 Å². The van der Waals surface area contributed by atoms with Gasteiger partial charge in [-0.3, -0.25) is 9.59 Å². The normalized spacial score (nSPS) is 20.8. The Bertz CT molecular complexity index is 224. The Morgan fingerprint density at radius 2 is 2.29 bits per heavy atom. The zero-order valence-electron chi connectivity index (χ0n) is 8.45. The summed E-state index contributed by atoms with van der Waals surface area (Å²) in [5.41, 5.74) is 5.06. The average molecular weight is 199 g/mol. The van der Waals surface area contributed by atoms with Crippen molar-refractivity contribution in [1.29, 1.82) is 0 Å². The highest BCUT2D eigenvalue weighted by Gasteiger charge is 2.26. The molecule has 2 amide bonds. The number of primary amides is 1. The van der Waals surface area contributed by atoms with Crippen LogP contribution in [0.1, 0.15) is 13.3 Å². The van der Waals surface area contributed by atoms with Gasteiger partial charge in [0.25, 0.3) is 0 Å². The van der Waals surface area contributed by atoms with Gasteiger partial charge in [0.15, 0.2) is 0 Å². The number of carbonyl (C=O) groups excluding carboxylic acids is 2. The summed E-state index contributed by atoms with van der Waals surface area (Å²) in [5.74, 6) is -0.392. The van der Waals surface area contributed by atoms with E-state index in [1.807, 2.05) is 6.92 Å². The Kier molecular flexibility index (Phi) is 3.88. The molecule has 0 aromatic carbocycles. The van der Waals surface area contributed by atoms with Crippen LogP contribution in [-0.2, 0) is 9.59 Å². The van der Waals surface area contributed by atoms with Gasteiger partial charge in [0.2, 0.25) is 11.8 Å². The molecule has 1 atom stereocenters. The summed E-state index contributed by atoms with van der Waals surface area (Å²) in [6, 6.07) is 0. The number of carbonyl (C=O) groups is 2. The quantitative estimate of drug-likeness (QED) is 0.605. The zero-order valence-corrected chi connectivity index (χ0v) is 8.45. The van der Waals surface area contributed by atoms with Gasteiger partial charge in [0.1, 0.15) is 0 Å². The van der Waals surface area contributed by atoms with Gasteiger partial charge >= 0.3 is 0 Å². The van der Waals surface area contributed by atoms with Gasteiger partial charge < -0.3 is 16.0 Å². The Morgan fingerprint density at radius 1 is 1.57 bits per heavy atom. The van der Waals surface area contributed by atoms with E-state index in [2.05, 4.69) is 5.32 Å². The van der Waals surface area contributed by atoms with E-state index >= 15 is 0 Å². The maximum atomic E-state index is 11.8. The molecular formula is C9H17N3O2. The summed E-state index contributed by atoms with van der Waals surface area (Å²) in [7, 11) is 0. The van der Waals surface area contributed by atoms with Gasteiger partial charge in [-0.1, -0.05) is 0 Å². The van der Waals surface area contributed by atoms with Crippen molar-refractivity contribution in [3.05, 3.63) is 0 Å². The molecule has 1 unspecified atom stereocenters. The number of nitrogens with two attached hydrogens (primary N) is 1. The van der Waals surface area contributed by atoms with Gasteiger partial charge in [-0.25, -0.2) is 0 Å². The largest absolute Gasteiger partial charge is 0.368 e. The fourth-order valence-electron chi connectivity index (χ4n) is 1.66. The van der Waals surface area contributed by atoms with Crippen LogP contribution >= 0.6 is 0 Å². The Morgan fingerprint density at radius 3 is 2.71 bits per heavy atom. The van der Waals surface area contributed by atoms with Crippen molar-refractivity contribution < 1.29 is 9.59 Å². The predicted octanol–water partition coefficient (Wildman–Crippen LogP) is -1.07. The van der Waals surface area contributed by atoms with Crippen molar-refractivity contribution in [2.24, 2.45) is 11.7 Å². The number of hydrogen-bond acceptors (Lipinski definition) is 3. The SMILES string of the molecule is CCN(CC(N)=O)C(=O)C1CCNC1. The van der Waals surface area contributed by atoms with E-state index in [1.54, 1.807) is 0 Å². The van der Waals surface area contributed by atoms with Crippen molar-refractivity contribution in [1.82, 2.24) is 10.2 Å². The molecule has 1 rings (SSSR count). The lowest BCUT2D eigenvalue weighted by atomic mass is 10.1. The minimum Gasteiger partial charge on any atom is -0.368 e. The standard InChI is InChI=1S/C9H17N3O2/c1-2-12(6-8(10)13)9(14)7-3-4-11-5-7/h7,11H,2-6H2,1H3,(H2,10,13). The van der Waals surface area contributed by atoms with Crippen molar-refractivity contribution in [2.75, 3.05) is 26.2 Å². The van der Waals surface area contributed by atoms with Crippen LogP contribution in [0.15, 0.2) is 0 Å². The van der Waals surface area contributed by atoms with Crippen molar-refractivity contribution >= 4 is 11.8 Å². The maximum absolute atomic E-state index is 11.8. The molecule has 5 nitrogen and oxygen atoms in total. The lowest BCUT2D eigenvalue weighted by molar-refractivity contribution is -0.138.